The van der Waals surface area contributed by atoms with Gasteiger partial charge in [-0.3, -0.25) is 19.9 Å². The normalized spacial score (nSPS) is 16.1. The maximum Gasteiger partial charge on any atom is 0.274 e. The van der Waals surface area contributed by atoms with Crippen LogP contribution in [0.5, 0.6) is 0 Å². The molecular formula is C22H18N6O3S. The third-order valence-electron chi connectivity index (χ3n) is 5.10. The van der Waals surface area contributed by atoms with E-state index in [-0.39, 0.29) is 17.5 Å². The van der Waals surface area contributed by atoms with Gasteiger partial charge in [0.1, 0.15) is 11.8 Å². The molecular weight excluding hydrogens is 428 g/mol. The molecule has 1 aliphatic heterocycles. The topological polar surface area (TPSA) is 110 Å². The molecule has 9 nitrogen and oxygen atoms in total. The molecule has 0 radical (unpaired) electrons. The van der Waals surface area contributed by atoms with Crippen LogP contribution in [0.4, 0.5) is 5.13 Å². The van der Waals surface area contributed by atoms with Crippen molar-refractivity contribution in [2.24, 2.45) is 0 Å². The number of benzene rings is 1. The van der Waals surface area contributed by atoms with Gasteiger partial charge in [0.05, 0.1) is 36.1 Å². The second-order valence-electron chi connectivity index (χ2n) is 7.10. The van der Waals surface area contributed by atoms with Crippen molar-refractivity contribution in [3.63, 3.8) is 0 Å². The van der Waals surface area contributed by atoms with Crippen LogP contribution in [0.15, 0.2) is 60.5 Å². The van der Waals surface area contributed by atoms with Gasteiger partial charge in [0.2, 0.25) is 0 Å². The standard InChI is InChI=1S/C22H18N6O3S/c29-20(27-22-25-7-10-32-22)15-11-17(26-16-4-2-1-3-14(15)16)19-13-28(8-9-31-19)21(30)18-12-23-5-6-24-18/h1-7,10-12,19H,8-9,13H2,(H,25,27,29)/t19-/m1/s1. The Kier molecular flexibility index (Phi) is 5.53. The first-order valence-corrected chi connectivity index (χ1v) is 10.8. The number of rotatable bonds is 4. The molecule has 160 valence electrons. The van der Waals surface area contributed by atoms with Crippen LogP contribution in [0.25, 0.3) is 10.9 Å². The third kappa shape index (κ3) is 4.05. The zero-order valence-electron chi connectivity index (χ0n) is 16.8. The predicted molar refractivity (Wildman–Crippen MR) is 118 cm³/mol. The highest BCUT2D eigenvalue weighted by molar-refractivity contribution is 7.13. The molecule has 3 aromatic heterocycles. The van der Waals surface area contributed by atoms with Gasteiger partial charge in [-0.2, -0.15) is 0 Å². The van der Waals surface area contributed by atoms with Crippen molar-refractivity contribution in [3.8, 4) is 0 Å². The van der Waals surface area contributed by atoms with Crippen molar-refractivity contribution < 1.29 is 14.3 Å². The summed E-state index contributed by atoms with van der Waals surface area (Å²) in [5.41, 5.74) is 2.02. The summed E-state index contributed by atoms with van der Waals surface area (Å²) in [7, 11) is 0. The fourth-order valence-corrected chi connectivity index (χ4v) is 4.11. The molecule has 1 fully saturated rings. The number of carbonyl (C=O) groups is 2. The number of carbonyl (C=O) groups excluding carboxylic acids is 2. The summed E-state index contributed by atoms with van der Waals surface area (Å²) in [6.45, 7) is 1.09. The maximum absolute atomic E-state index is 13.0. The van der Waals surface area contributed by atoms with E-state index in [0.717, 1.165) is 5.39 Å². The summed E-state index contributed by atoms with van der Waals surface area (Å²) in [5.74, 6) is -0.489. The van der Waals surface area contributed by atoms with Crippen LogP contribution < -0.4 is 5.32 Å². The minimum atomic E-state index is -0.472. The lowest BCUT2D eigenvalue weighted by Gasteiger charge is -2.32. The number of hydrogen-bond acceptors (Lipinski definition) is 8. The number of aromatic nitrogens is 4. The Morgan fingerprint density at radius 3 is 2.88 bits per heavy atom. The van der Waals surface area contributed by atoms with Crippen molar-refractivity contribution in [1.82, 2.24) is 24.8 Å². The lowest BCUT2D eigenvalue weighted by molar-refractivity contribution is -0.0248. The van der Waals surface area contributed by atoms with Gasteiger partial charge in [-0.15, -0.1) is 11.3 Å². The minimum absolute atomic E-state index is 0.214. The van der Waals surface area contributed by atoms with E-state index in [0.29, 0.717) is 41.6 Å². The van der Waals surface area contributed by atoms with E-state index in [2.05, 4.69) is 20.3 Å². The third-order valence-corrected chi connectivity index (χ3v) is 5.79. The summed E-state index contributed by atoms with van der Waals surface area (Å²) in [6, 6.07) is 9.17. The summed E-state index contributed by atoms with van der Waals surface area (Å²) in [5, 5.41) is 5.88. The van der Waals surface area contributed by atoms with Gasteiger partial charge in [0.25, 0.3) is 11.8 Å². The molecule has 0 spiro atoms. The van der Waals surface area contributed by atoms with E-state index >= 15 is 0 Å². The molecule has 1 saturated heterocycles. The lowest BCUT2D eigenvalue weighted by Crippen LogP contribution is -2.42. The highest BCUT2D eigenvalue weighted by Gasteiger charge is 2.29. The first kappa shape index (κ1) is 20.2. The van der Waals surface area contributed by atoms with Gasteiger partial charge in [-0.25, -0.2) is 15.0 Å². The molecule has 10 heteroatoms. The molecule has 32 heavy (non-hydrogen) atoms. The highest BCUT2D eigenvalue weighted by Crippen LogP contribution is 2.27. The number of morpholine rings is 1. The highest BCUT2D eigenvalue weighted by atomic mass is 32.1. The lowest BCUT2D eigenvalue weighted by atomic mass is 10.0. The molecule has 1 aliphatic rings. The van der Waals surface area contributed by atoms with Crippen LogP contribution in [-0.4, -0.2) is 56.3 Å². The smallest absolute Gasteiger partial charge is 0.274 e. The Balaban J connectivity index is 1.46. The molecule has 5 rings (SSSR count). The van der Waals surface area contributed by atoms with Crippen LogP contribution in [0.1, 0.15) is 32.6 Å². The molecule has 1 atom stereocenters. The monoisotopic (exact) mass is 446 g/mol. The second-order valence-corrected chi connectivity index (χ2v) is 8.00. The SMILES string of the molecule is O=C(Nc1nccs1)c1cc([C@H]2CN(C(=O)c3cnccn3)CCO2)nc2ccccc12. The number of para-hydroxylation sites is 1. The van der Waals surface area contributed by atoms with E-state index in [1.165, 1.54) is 29.9 Å². The molecule has 4 aromatic rings. The zero-order chi connectivity index (χ0) is 21.9. The molecule has 0 bridgehead atoms. The first-order valence-electron chi connectivity index (χ1n) is 9.96. The molecule has 2 amide bonds. The summed E-state index contributed by atoms with van der Waals surface area (Å²) < 4.78 is 5.94. The maximum atomic E-state index is 13.0. The Morgan fingerprint density at radius 2 is 2.06 bits per heavy atom. The van der Waals surface area contributed by atoms with Gasteiger partial charge in [-0.05, 0) is 12.1 Å². The van der Waals surface area contributed by atoms with Crippen molar-refractivity contribution in [1.29, 1.82) is 0 Å². The number of anilines is 1. The Hall–Kier alpha value is -3.76. The average Bonchev–Trinajstić information content (AvgIpc) is 3.36. The van der Waals surface area contributed by atoms with Crippen LogP contribution in [-0.2, 0) is 4.74 Å². The minimum Gasteiger partial charge on any atom is -0.368 e. The van der Waals surface area contributed by atoms with Gasteiger partial charge >= 0.3 is 0 Å². The Morgan fingerprint density at radius 1 is 1.16 bits per heavy atom. The van der Waals surface area contributed by atoms with E-state index in [9.17, 15) is 9.59 Å². The van der Waals surface area contributed by atoms with Gasteiger partial charge in [-0.1, -0.05) is 18.2 Å². The molecule has 0 saturated carbocycles. The van der Waals surface area contributed by atoms with E-state index in [1.54, 1.807) is 22.5 Å². The Bertz CT molecular complexity index is 1270. The molecule has 1 N–H and O–H groups in total. The van der Waals surface area contributed by atoms with Gasteiger partial charge in [0.15, 0.2) is 5.13 Å². The van der Waals surface area contributed by atoms with Crippen molar-refractivity contribution in [3.05, 3.63) is 77.5 Å². The fraction of sp³-hybridized carbons (Fsp3) is 0.182. The van der Waals surface area contributed by atoms with E-state index < -0.39 is 6.10 Å². The summed E-state index contributed by atoms with van der Waals surface area (Å²) >= 11 is 1.35. The van der Waals surface area contributed by atoms with Crippen LogP contribution in [0.2, 0.25) is 0 Å². The van der Waals surface area contributed by atoms with Gasteiger partial charge in [0, 0.05) is 35.9 Å². The van der Waals surface area contributed by atoms with Gasteiger partial charge < -0.3 is 9.64 Å². The molecule has 4 heterocycles. The summed E-state index contributed by atoms with van der Waals surface area (Å²) in [6.07, 6.45) is 5.62. The number of ether oxygens (including phenoxy) is 1. The predicted octanol–water partition coefficient (Wildman–Crippen LogP) is 2.95. The molecule has 1 aromatic carbocycles. The second kappa shape index (κ2) is 8.77. The number of nitrogens with one attached hydrogen (secondary N) is 1. The number of thiazole rings is 1. The zero-order valence-corrected chi connectivity index (χ0v) is 17.7. The first-order chi connectivity index (χ1) is 15.7. The van der Waals surface area contributed by atoms with Crippen molar-refractivity contribution >= 4 is 39.2 Å². The number of nitrogens with zero attached hydrogens (tertiary/aromatic N) is 5. The Labute approximate surface area is 187 Å². The number of fused-ring (bicyclic) bond motifs is 1. The quantitative estimate of drug-likeness (QED) is 0.513. The number of pyridine rings is 1. The fourth-order valence-electron chi connectivity index (χ4n) is 3.58. The van der Waals surface area contributed by atoms with Crippen molar-refractivity contribution in [2.45, 2.75) is 6.10 Å². The summed E-state index contributed by atoms with van der Waals surface area (Å²) in [4.78, 5) is 44.4. The van der Waals surface area contributed by atoms with Crippen LogP contribution in [0, 0.1) is 0 Å². The van der Waals surface area contributed by atoms with Crippen molar-refractivity contribution in [2.75, 3.05) is 25.0 Å². The molecule has 0 aliphatic carbocycles. The number of amides is 2. The average molecular weight is 446 g/mol. The number of hydrogen-bond donors (Lipinski definition) is 1. The largest absolute Gasteiger partial charge is 0.368 e. The van der Waals surface area contributed by atoms with E-state index in [4.69, 9.17) is 9.72 Å². The van der Waals surface area contributed by atoms with E-state index in [1.807, 2.05) is 24.3 Å². The molecule has 0 unspecified atom stereocenters. The van der Waals surface area contributed by atoms with Crippen LogP contribution >= 0.6 is 11.3 Å². The van der Waals surface area contributed by atoms with Crippen LogP contribution in [0.3, 0.4) is 0 Å².